The van der Waals surface area contributed by atoms with Crippen LogP contribution in [-0.4, -0.2) is 19.2 Å². The minimum atomic E-state index is -0.250. The number of hydrogen-bond donors (Lipinski definition) is 1. The first-order valence-electron chi connectivity index (χ1n) is 3.97. The molecule has 0 saturated carbocycles. The molecule has 2 rings (SSSR count). The lowest BCUT2D eigenvalue weighted by Crippen LogP contribution is -2.50. The Morgan fingerprint density at radius 3 is 2.69 bits per heavy atom. The van der Waals surface area contributed by atoms with Gasteiger partial charge in [-0.2, -0.15) is 0 Å². The summed E-state index contributed by atoms with van der Waals surface area (Å²) in [7, 11) is 0. The van der Waals surface area contributed by atoms with Crippen LogP contribution in [-0.2, 0) is 0 Å². The van der Waals surface area contributed by atoms with Crippen LogP contribution in [0.1, 0.15) is 0 Å². The van der Waals surface area contributed by atoms with Crippen LogP contribution in [0.2, 0.25) is 0 Å². The molecule has 0 atom stereocenters. The molecule has 0 amide bonds. The van der Waals surface area contributed by atoms with Crippen molar-refractivity contribution in [2.24, 2.45) is 0 Å². The van der Waals surface area contributed by atoms with Crippen molar-refractivity contribution in [1.29, 1.82) is 0 Å². The van der Waals surface area contributed by atoms with Gasteiger partial charge in [0.2, 0.25) is 0 Å². The standard InChI is InChI=1S/C9H10FNO.ClH/c10-7-2-1-3-8(4-7)12-9-5-11-6-9;/h1-4,9,11H,5-6H2;1H. The summed E-state index contributed by atoms with van der Waals surface area (Å²) in [5.74, 6) is 0.362. The van der Waals surface area contributed by atoms with Gasteiger partial charge in [0.15, 0.2) is 0 Å². The fourth-order valence-electron chi connectivity index (χ4n) is 1.08. The summed E-state index contributed by atoms with van der Waals surface area (Å²) >= 11 is 0. The van der Waals surface area contributed by atoms with Gasteiger partial charge in [-0.15, -0.1) is 12.4 Å². The van der Waals surface area contributed by atoms with Crippen LogP contribution in [0.4, 0.5) is 4.39 Å². The molecule has 1 fully saturated rings. The Balaban J connectivity index is 0.000000845. The number of benzene rings is 1. The van der Waals surface area contributed by atoms with Gasteiger partial charge in [0.25, 0.3) is 0 Å². The van der Waals surface area contributed by atoms with E-state index in [4.69, 9.17) is 4.74 Å². The van der Waals surface area contributed by atoms with Crippen LogP contribution in [0.5, 0.6) is 5.75 Å². The highest BCUT2D eigenvalue weighted by atomic mass is 35.5. The Labute approximate surface area is 82.5 Å². The Bertz CT molecular complexity index is 278. The summed E-state index contributed by atoms with van der Waals surface area (Å²) in [6.45, 7) is 1.72. The first-order valence-corrected chi connectivity index (χ1v) is 3.97. The van der Waals surface area contributed by atoms with Crippen LogP contribution >= 0.6 is 12.4 Å². The van der Waals surface area contributed by atoms with Crippen molar-refractivity contribution in [2.45, 2.75) is 6.10 Å². The van der Waals surface area contributed by atoms with Crippen molar-refractivity contribution in [3.63, 3.8) is 0 Å². The zero-order valence-corrected chi connectivity index (χ0v) is 7.81. The van der Waals surface area contributed by atoms with Crippen LogP contribution in [0.3, 0.4) is 0 Å². The molecule has 1 aliphatic rings. The van der Waals surface area contributed by atoms with Gasteiger partial charge in [0, 0.05) is 19.2 Å². The Morgan fingerprint density at radius 1 is 1.38 bits per heavy atom. The largest absolute Gasteiger partial charge is 0.488 e. The van der Waals surface area contributed by atoms with Crippen LogP contribution in [0.25, 0.3) is 0 Å². The maximum absolute atomic E-state index is 12.6. The van der Waals surface area contributed by atoms with Crippen LogP contribution < -0.4 is 10.1 Å². The van der Waals surface area contributed by atoms with Crippen molar-refractivity contribution >= 4 is 12.4 Å². The summed E-state index contributed by atoms with van der Waals surface area (Å²) in [4.78, 5) is 0. The third-order valence-electron chi connectivity index (χ3n) is 1.84. The fourth-order valence-corrected chi connectivity index (χ4v) is 1.08. The lowest BCUT2D eigenvalue weighted by molar-refractivity contribution is 0.142. The van der Waals surface area contributed by atoms with E-state index in [1.807, 2.05) is 0 Å². The quantitative estimate of drug-likeness (QED) is 0.789. The molecule has 0 aromatic heterocycles. The molecule has 1 aliphatic heterocycles. The van der Waals surface area contributed by atoms with E-state index in [1.54, 1.807) is 12.1 Å². The second kappa shape index (κ2) is 4.44. The molecule has 1 aromatic rings. The normalized spacial score (nSPS) is 15.8. The van der Waals surface area contributed by atoms with Crippen molar-refractivity contribution in [2.75, 3.05) is 13.1 Å². The molecule has 4 heteroatoms. The second-order valence-electron chi connectivity index (χ2n) is 2.86. The van der Waals surface area contributed by atoms with Crippen LogP contribution in [0.15, 0.2) is 24.3 Å². The third-order valence-corrected chi connectivity index (χ3v) is 1.84. The van der Waals surface area contributed by atoms with E-state index in [9.17, 15) is 4.39 Å². The van der Waals surface area contributed by atoms with Gasteiger partial charge in [0.05, 0.1) is 0 Å². The zero-order valence-electron chi connectivity index (χ0n) is 7.00. The van der Waals surface area contributed by atoms with Crippen LogP contribution in [0, 0.1) is 5.82 Å². The third kappa shape index (κ3) is 2.57. The van der Waals surface area contributed by atoms with Gasteiger partial charge < -0.3 is 10.1 Å². The molecular weight excluding hydrogens is 193 g/mol. The highest BCUT2D eigenvalue weighted by Gasteiger charge is 2.17. The molecule has 1 saturated heterocycles. The highest BCUT2D eigenvalue weighted by molar-refractivity contribution is 5.85. The fraction of sp³-hybridized carbons (Fsp3) is 0.333. The monoisotopic (exact) mass is 203 g/mol. The molecule has 2 nitrogen and oxygen atoms in total. The van der Waals surface area contributed by atoms with Crippen molar-refractivity contribution in [3.8, 4) is 5.75 Å². The van der Waals surface area contributed by atoms with Crippen molar-refractivity contribution < 1.29 is 9.13 Å². The van der Waals surface area contributed by atoms with Gasteiger partial charge in [0.1, 0.15) is 17.7 Å². The van der Waals surface area contributed by atoms with E-state index in [0.717, 1.165) is 13.1 Å². The molecule has 1 aromatic carbocycles. The molecule has 1 N–H and O–H groups in total. The maximum atomic E-state index is 12.6. The predicted octanol–water partition coefficient (Wildman–Crippen LogP) is 1.60. The number of ether oxygens (including phenoxy) is 1. The minimum absolute atomic E-state index is 0. The summed E-state index contributed by atoms with van der Waals surface area (Å²) in [5, 5.41) is 3.08. The second-order valence-corrected chi connectivity index (χ2v) is 2.86. The van der Waals surface area contributed by atoms with Gasteiger partial charge >= 0.3 is 0 Å². The Hall–Kier alpha value is -0.800. The molecule has 72 valence electrons. The molecule has 13 heavy (non-hydrogen) atoms. The van der Waals surface area contributed by atoms with Gasteiger partial charge in [-0.1, -0.05) is 6.07 Å². The molecule has 1 heterocycles. The summed E-state index contributed by atoms with van der Waals surface area (Å²) < 4.78 is 18.1. The lowest BCUT2D eigenvalue weighted by Gasteiger charge is -2.27. The van der Waals surface area contributed by atoms with Crippen molar-refractivity contribution in [3.05, 3.63) is 30.1 Å². The highest BCUT2D eigenvalue weighted by Crippen LogP contribution is 2.14. The van der Waals surface area contributed by atoms with E-state index < -0.39 is 0 Å². The molecule has 0 aliphatic carbocycles. The van der Waals surface area contributed by atoms with Crippen molar-refractivity contribution in [1.82, 2.24) is 5.32 Å². The Morgan fingerprint density at radius 2 is 2.15 bits per heavy atom. The van der Waals surface area contributed by atoms with Gasteiger partial charge in [-0.05, 0) is 12.1 Å². The Kier molecular flexibility index (Phi) is 3.51. The minimum Gasteiger partial charge on any atom is -0.488 e. The maximum Gasteiger partial charge on any atom is 0.126 e. The van der Waals surface area contributed by atoms with E-state index >= 15 is 0 Å². The summed E-state index contributed by atoms with van der Waals surface area (Å²) in [6.07, 6.45) is 0.215. The molecular formula is C9H11ClFNO. The first kappa shape index (κ1) is 10.3. The topological polar surface area (TPSA) is 21.3 Å². The lowest BCUT2D eigenvalue weighted by atomic mass is 10.2. The SMILES string of the molecule is Cl.Fc1cccc(OC2CNC2)c1. The number of rotatable bonds is 2. The molecule has 0 bridgehead atoms. The van der Waals surface area contributed by atoms with E-state index in [1.165, 1.54) is 12.1 Å². The summed E-state index contributed by atoms with van der Waals surface area (Å²) in [5.41, 5.74) is 0. The summed E-state index contributed by atoms with van der Waals surface area (Å²) in [6, 6.07) is 6.22. The number of nitrogens with one attached hydrogen (secondary N) is 1. The van der Waals surface area contributed by atoms with E-state index in [0.29, 0.717) is 5.75 Å². The van der Waals surface area contributed by atoms with Gasteiger partial charge in [-0.25, -0.2) is 4.39 Å². The predicted molar refractivity (Wildman–Crippen MR) is 50.9 cm³/mol. The average Bonchev–Trinajstić information content (AvgIpc) is 1.97. The number of hydrogen-bond acceptors (Lipinski definition) is 2. The molecule has 0 radical (unpaired) electrons. The molecule has 0 spiro atoms. The first-order chi connectivity index (χ1) is 5.84. The average molecular weight is 204 g/mol. The van der Waals surface area contributed by atoms with Gasteiger partial charge in [-0.3, -0.25) is 0 Å². The molecule has 0 unspecified atom stereocenters. The zero-order chi connectivity index (χ0) is 8.39. The van der Waals surface area contributed by atoms with E-state index in [-0.39, 0.29) is 24.3 Å². The van der Waals surface area contributed by atoms with E-state index in [2.05, 4.69) is 5.32 Å². The number of halogens is 2. The smallest absolute Gasteiger partial charge is 0.126 e.